The van der Waals surface area contributed by atoms with Crippen LogP contribution in [0.15, 0.2) is 24.3 Å². The minimum absolute atomic E-state index is 0.104. The molecule has 3 rings (SSSR count). The molecule has 0 aliphatic heterocycles. The van der Waals surface area contributed by atoms with E-state index < -0.39 is 0 Å². The first kappa shape index (κ1) is 12.6. The number of carbonyl (C=O) groups is 1. The fourth-order valence-electron chi connectivity index (χ4n) is 2.15. The van der Waals surface area contributed by atoms with Crippen molar-refractivity contribution < 1.29 is 9.53 Å². The van der Waals surface area contributed by atoms with Crippen LogP contribution in [0.2, 0.25) is 0 Å². The van der Waals surface area contributed by atoms with Gasteiger partial charge in [-0.1, -0.05) is 18.2 Å². The smallest absolute Gasteiger partial charge is 0.296 e. The molecular weight excluding hydrogens is 258 g/mol. The molecule has 20 heavy (non-hydrogen) atoms. The summed E-state index contributed by atoms with van der Waals surface area (Å²) in [5.74, 6) is 0.679. The van der Waals surface area contributed by atoms with Crippen LogP contribution in [0.25, 0.3) is 0 Å². The molecule has 7 heteroatoms. The van der Waals surface area contributed by atoms with Gasteiger partial charge in [0.25, 0.3) is 11.7 Å². The zero-order valence-electron chi connectivity index (χ0n) is 11.1. The maximum Gasteiger partial charge on any atom is 0.296 e. The Hall–Kier alpha value is -2.44. The number of aromatic amines is 1. The number of H-pyrrole nitrogens is 1. The summed E-state index contributed by atoms with van der Waals surface area (Å²) in [5.41, 5.74) is 0.971. The number of ether oxygens (including phenoxy) is 1. The Balaban J connectivity index is 1.83. The van der Waals surface area contributed by atoms with Gasteiger partial charge in [-0.2, -0.15) is 5.21 Å². The minimum atomic E-state index is -0.202. The van der Waals surface area contributed by atoms with E-state index in [9.17, 15) is 4.79 Å². The van der Waals surface area contributed by atoms with E-state index in [-0.39, 0.29) is 17.8 Å². The van der Waals surface area contributed by atoms with Crippen molar-refractivity contribution in [3.63, 3.8) is 0 Å². The van der Waals surface area contributed by atoms with Crippen LogP contribution < -0.4 is 4.74 Å². The third kappa shape index (κ3) is 2.47. The quantitative estimate of drug-likeness (QED) is 0.879. The molecule has 0 bridgehead atoms. The zero-order valence-corrected chi connectivity index (χ0v) is 11.1. The molecule has 1 saturated carbocycles. The summed E-state index contributed by atoms with van der Waals surface area (Å²) in [5, 5.41) is 13.3. The lowest BCUT2D eigenvalue weighted by Crippen LogP contribution is -2.33. The molecule has 1 aliphatic carbocycles. The van der Waals surface area contributed by atoms with Gasteiger partial charge in [-0.15, -0.1) is 10.2 Å². The number of methoxy groups -OCH3 is 1. The minimum Gasteiger partial charge on any atom is -0.496 e. The summed E-state index contributed by atoms with van der Waals surface area (Å²) in [6, 6.07) is 7.94. The highest BCUT2D eigenvalue weighted by atomic mass is 16.5. The number of nitrogens with one attached hydrogen (secondary N) is 1. The summed E-state index contributed by atoms with van der Waals surface area (Å²) >= 11 is 0. The molecule has 0 radical (unpaired) electrons. The second kappa shape index (κ2) is 5.28. The average Bonchev–Trinajstić information content (AvgIpc) is 3.17. The second-order valence-corrected chi connectivity index (χ2v) is 4.71. The maximum absolute atomic E-state index is 12.4. The highest BCUT2D eigenvalue weighted by Crippen LogP contribution is 2.31. The predicted octanol–water partition coefficient (Wildman–Crippen LogP) is 1.01. The molecule has 104 valence electrons. The van der Waals surface area contributed by atoms with Crippen LogP contribution in [-0.2, 0) is 6.54 Å². The summed E-state index contributed by atoms with van der Waals surface area (Å²) in [6.07, 6.45) is 2.03. The first-order valence-corrected chi connectivity index (χ1v) is 6.46. The summed E-state index contributed by atoms with van der Waals surface area (Å²) in [6.45, 7) is 0.488. The van der Waals surface area contributed by atoms with E-state index in [4.69, 9.17) is 4.74 Å². The Morgan fingerprint density at radius 3 is 2.90 bits per heavy atom. The van der Waals surface area contributed by atoms with Crippen LogP contribution in [0.5, 0.6) is 5.75 Å². The molecule has 1 N–H and O–H groups in total. The topological polar surface area (TPSA) is 84.0 Å². The summed E-state index contributed by atoms with van der Waals surface area (Å²) in [4.78, 5) is 14.2. The first-order valence-electron chi connectivity index (χ1n) is 6.46. The van der Waals surface area contributed by atoms with Crippen LogP contribution in [0, 0.1) is 0 Å². The van der Waals surface area contributed by atoms with E-state index >= 15 is 0 Å². The average molecular weight is 273 g/mol. The molecule has 7 nitrogen and oxygen atoms in total. The standard InChI is InChI=1S/C13H15N5O2/c1-20-11-5-3-2-4-9(11)8-18(10-6-7-10)13(19)12-14-16-17-15-12/h2-5,10H,6-8H2,1H3,(H,14,15,16,17). The lowest BCUT2D eigenvalue weighted by molar-refractivity contribution is 0.0716. The molecule has 1 aliphatic rings. The van der Waals surface area contributed by atoms with Gasteiger partial charge in [0.1, 0.15) is 5.75 Å². The highest BCUT2D eigenvalue weighted by Gasteiger charge is 2.35. The van der Waals surface area contributed by atoms with Crippen LogP contribution in [0.3, 0.4) is 0 Å². The fraction of sp³-hybridized carbons (Fsp3) is 0.385. The van der Waals surface area contributed by atoms with Crippen molar-refractivity contribution in [2.75, 3.05) is 7.11 Å². The number of tetrazole rings is 1. The molecule has 0 atom stereocenters. The lowest BCUT2D eigenvalue weighted by atomic mass is 10.2. The Bertz CT molecular complexity index is 595. The van der Waals surface area contributed by atoms with Gasteiger partial charge >= 0.3 is 0 Å². The summed E-state index contributed by atoms with van der Waals surface area (Å²) < 4.78 is 5.33. The SMILES string of the molecule is COc1ccccc1CN(C(=O)c1nn[nH]n1)C1CC1. The second-order valence-electron chi connectivity index (χ2n) is 4.71. The molecule has 1 aromatic heterocycles. The largest absolute Gasteiger partial charge is 0.496 e. The molecule has 2 aromatic rings. The van der Waals surface area contributed by atoms with Crippen LogP contribution in [0.1, 0.15) is 29.0 Å². The summed E-state index contributed by atoms with van der Waals surface area (Å²) in [7, 11) is 1.63. The van der Waals surface area contributed by atoms with Crippen LogP contribution >= 0.6 is 0 Å². The van der Waals surface area contributed by atoms with Gasteiger partial charge in [0.2, 0.25) is 0 Å². The van der Waals surface area contributed by atoms with Crippen molar-refractivity contribution in [2.24, 2.45) is 0 Å². The van der Waals surface area contributed by atoms with E-state index in [2.05, 4.69) is 20.6 Å². The molecule has 1 amide bonds. The maximum atomic E-state index is 12.4. The van der Waals surface area contributed by atoms with Gasteiger partial charge in [-0.3, -0.25) is 4.79 Å². The number of hydrogen-bond acceptors (Lipinski definition) is 5. The first-order chi connectivity index (χ1) is 9.79. The normalized spacial score (nSPS) is 14.1. The number of rotatable bonds is 5. The Morgan fingerprint density at radius 2 is 2.25 bits per heavy atom. The van der Waals surface area contributed by atoms with E-state index in [0.717, 1.165) is 24.2 Å². The van der Waals surface area contributed by atoms with Gasteiger partial charge in [-0.05, 0) is 24.1 Å². The van der Waals surface area contributed by atoms with Crippen molar-refractivity contribution in [2.45, 2.75) is 25.4 Å². The van der Waals surface area contributed by atoms with Gasteiger partial charge < -0.3 is 9.64 Å². The molecule has 0 unspecified atom stereocenters. The van der Waals surface area contributed by atoms with Crippen LogP contribution in [0.4, 0.5) is 0 Å². The van der Waals surface area contributed by atoms with Gasteiger partial charge in [0, 0.05) is 11.6 Å². The van der Waals surface area contributed by atoms with Crippen molar-refractivity contribution in [3.8, 4) is 5.75 Å². The molecule has 0 spiro atoms. The Labute approximate surface area is 115 Å². The van der Waals surface area contributed by atoms with Crippen LogP contribution in [-0.4, -0.2) is 44.6 Å². The number of para-hydroxylation sites is 1. The number of benzene rings is 1. The number of hydrogen-bond donors (Lipinski definition) is 1. The van der Waals surface area contributed by atoms with Crippen molar-refractivity contribution in [1.82, 2.24) is 25.5 Å². The van der Waals surface area contributed by atoms with E-state index in [1.54, 1.807) is 12.0 Å². The third-order valence-corrected chi connectivity index (χ3v) is 3.32. The van der Waals surface area contributed by atoms with Gasteiger partial charge in [-0.25, -0.2) is 0 Å². The number of aromatic nitrogens is 4. The van der Waals surface area contributed by atoms with Crippen molar-refractivity contribution >= 4 is 5.91 Å². The number of carbonyl (C=O) groups excluding carboxylic acids is 1. The van der Waals surface area contributed by atoms with Gasteiger partial charge in [0.15, 0.2) is 0 Å². The van der Waals surface area contributed by atoms with Crippen molar-refractivity contribution in [1.29, 1.82) is 0 Å². The van der Waals surface area contributed by atoms with E-state index in [0.29, 0.717) is 6.54 Å². The number of amides is 1. The fourth-order valence-corrected chi connectivity index (χ4v) is 2.15. The molecule has 1 heterocycles. The Morgan fingerprint density at radius 1 is 1.45 bits per heavy atom. The van der Waals surface area contributed by atoms with E-state index in [1.807, 2.05) is 24.3 Å². The third-order valence-electron chi connectivity index (χ3n) is 3.32. The molecule has 0 saturated heterocycles. The zero-order chi connectivity index (χ0) is 13.9. The highest BCUT2D eigenvalue weighted by molar-refractivity contribution is 5.90. The monoisotopic (exact) mass is 273 g/mol. The molecular formula is C13H15N5O2. The number of nitrogens with zero attached hydrogens (tertiary/aromatic N) is 4. The molecule has 1 fully saturated rings. The lowest BCUT2D eigenvalue weighted by Gasteiger charge is -2.21. The van der Waals surface area contributed by atoms with Crippen molar-refractivity contribution in [3.05, 3.63) is 35.7 Å². The Kier molecular flexibility index (Phi) is 3.32. The predicted molar refractivity (Wildman–Crippen MR) is 70.1 cm³/mol. The molecule has 1 aromatic carbocycles. The van der Waals surface area contributed by atoms with Gasteiger partial charge in [0.05, 0.1) is 13.7 Å². The van der Waals surface area contributed by atoms with E-state index in [1.165, 1.54) is 0 Å².